The number of ether oxygens (including phenoxy) is 1. The molecule has 7 nitrogen and oxygen atoms in total. The van der Waals surface area contributed by atoms with Crippen molar-refractivity contribution in [1.29, 1.82) is 0 Å². The molecule has 0 aliphatic carbocycles. The summed E-state index contributed by atoms with van der Waals surface area (Å²) in [7, 11) is 0. The summed E-state index contributed by atoms with van der Waals surface area (Å²) in [6.45, 7) is 6.27. The molecule has 7 heteroatoms. The molecule has 1 aliphatic rings. The average Bonchev–Trinajstić information content (AvgIpc) is 3.24. The number of nitrogens with zero attached hydrogens (tertiary/aromatic N) is 5. The van der Waals surface area contributed by atoms with E-state index in [1.165, 1.54) is 5.56 Å². The van der Waals surface area contributed by atoms with E-state index >= 15 is 0 Å². The summed E-state index contributed by atoms with van der Waals surface area (Å²) >= 11 is 0. The summed E-state index contributed by atoms with van der Waals surface area (Å²) in [6, 6.07) is 12.1. The summed E-state index contributed by atoms with van der Waals surface area (Å²) in [6.07, 6.45) is 3.67. The second-order valence-corrected chi connectivity index (χ2v) is 7.25. The lowest BCUT2D eigenvalue weighted by Crippen LogP contribution is -2.35. The van der Waals surface area contributed by atoms with Crippen molar-refractivity contribution in [2.75, 3.05) is 26.3 Å². The van der Waals surface area contributed by atoms with Crippen LogP contribution in [0.1, 0.15) is 11.3 Å². The van der Waals surface area contributed by atoms with Gasteiger partial charge in [0.2, 0.25) is 0 Å². The van der Waals surface area contributed by atoms with Crippen LogP contribution in [0.4, 0.5) is 0 Å². The molecule has 0 atom stereocenters. The van der Waals surface area contributed by atoms with Gasteiger partial charge in [0.15, 0.2) is 0 Å². The molecular weight excluding hydrogens is 364 g/mol. The van der Waals surface area contributed by atoms with Gasteiger partial charge in [0, 0.05) is 37.1 Å². The molecule has 0 aromatic carbocycles. The van der Waals surface area contributed by atoms with Gasteiger partial charge in [-0.05, 0) is 42.8 Å². The smallest absolute Gasteiger partial charge is 0.0939 e. The fraction of sp³-hybridized carbons (Fsp3) is 0.273. The van der Waals surface area contributed by atoms with Crippen molar-refractivity contribution in [2.45, 2.75) is 13.5 Å². The summed E-state index contributed by atoms with van der Waals surface area (Å²) < 4.78 is 5.47. The number of aromatic amines is 1. The fourth-order valence-electron chi connectivity index (χ4n) is 3.71. The predicted molar refractivity (Wildman–Crippen MR) is 111 cm³/mol. The van der Waals surface area contributed by atoms with Crippen LogP contribution in [0.3, 0.4) is 0 Å². The minimum Gasteiger partial charge on any atom is -0.379 e. The monoisotopic (exact) mass is 386 g/mol. The van der Waals surface area contributed by atoms with Gasteiger partial charge >= 0.3 is 0 Å². The molecule has 0 amide bonds. The number of fused-ring (bicyclic) bond motifs is 1. The maximum absolute atomic E-state index is 5.47. The molecule has 1 aliphatic heterocycles. The van der Waals surface area contributed by atoms with Crippen LogP contribution >= 0.6 is 0 Å². The van der Waals surface area contributed by atoms with Crippen molar-refractivity contribution >= 4 is 11.0 Å². The number of aromatic nitrogens is 5. The number of morpholine rings is 1. The molecule has 0 saturated carbocycles. The Hall–Kier alpha value is -3.16. The van der Waals surface area contributed by atoms with E-state index in [4.69, 9.17) is 9.72 Å². The molecule has 5 heterocycles. The van der Waals surface area contributed by atoms with E-state index < -0.39 is 0 Å². The highest BCUT2D eigenvalue weighted by molar-refractivity contribution is 5.84. The Labute approximate surface area is 168 Å². The minimum absolute atomic E-state index is 0.781. The van der Waals surface area contributed by atoms with Crippen LogP contribution in [0.15, 0.2) is 48.8 Å². The van der Waals surface area contributed by atoms with Gasteiger partial charge in [-0.15, -0.1) is 0 Å². The molecule has 0 bridgehead atoms. The first-order chi connectivity index (χ1) is 14.3. The molecule has 4 aromatic rings. The van der Waals surface area contributed by atoms with Gasteiger partial charge in [-0.2, -0.15) is 5.10 Å². The van der Waals surface area contributed by atoms with Crippen LogP contribution in [0.2, 0.25) is 0 Å². The summed E-state index contributed by atoms with van der Waals surface area (Å²) in [5.74, 6) is 0. The molecule has 4 aromatic heterocycles. The lowest BCUT2D eigenvalue weighted by molar-refractivity contribution is 0.0343. The van der Waals surface area contributed by atoms with Gasteiger partial charge in [-0.1, -0.05) is 6.07 Å². The van der Waals surface area contributed by atoms with Crippen molar-refractivity contribution in [3.63, 3.8) is 0 Å². The molecule has 1 saturated heterocycles. The van der Waals surface area contributed by atoms with Gasteiger partial charge in [0.1, 0.15) is 0 Å². The lowest BCUT2D eigenvalue weighted by atomic mass is 10.1. The van der Waals surface area contributed by atoms with Gasteiger partial charge in [0.25, 0.3) is 0 Å². The molecule has 0 unspecified atom stereocenters. The van der Waals surface area contributed by atoms with Gasteiger partial charge < -0.3 is 4.74 Å². The zero-order chi connectivity index (χ0) is 19.6. The van der Waals surface area contributed by atoms with Crippen molar-refractivity contribution in [2.24, 2.45) is 0 Å². The van der Waals surface area contributed by atoms with Crippen LogP contribution in [0.25, 0.3) is 33.7 Å². The van der Waals surface area contributed by atoms with Crippen molar-refractivity contribution in [1.82, 2.24) is 30.0 Å². The second kappa shape index (κ2) is 7.69. The van der Waals surface area contributed by atoms with Gasteiger partial charge in [-0.25, -0.2) is 4.98 Å². The van der Waals surface area contributed by atoms with Crippen LogP contribution < -0.4 is 0 Å². The summed E-state index contributed by atoms with van der Waals surface area (Å²) in [4.78, 5) is 16.5. The third-order valence-corrected chi connectivity index (χ3v) is 5.22. The summed E-state index contributed by atoms with van der Waals surface area (Å²) in [5, 5.41) is 7.34. The van der Waals surface area contributed by atoms with E-state index in [1.807, 2.05) is 49.6 Å². The first-order valence-corrected chi connectivity index (χ1v) is 9.80. The molecule has 1 fully saturated rings. The quantitative estimate of drug-likeness (QED) is 0.580. The Balaban J connectivity index is 1.55. The Kier molecular flexibility index (Phi) is 4.75. The van der Waals surface area contributed by atoms with E-state index in [9.17, 15) is 0 Å². The zero-order valence-corrected chi connectivity index (χ0v) is 16.3. The standard InChI is InChI=1S/C22H22N6O/c1-15-3-2-4-20(25-15)22-17(13-24-27-22)18-5-6-19-21(26-18)16(7-8-23-19)14-28-9-11-29-12-10-28/h2-8,13H,9-12,14H2,1H3,(H,24,27). The molecule has 146 valence electrons. The number of aryl methyl sites for hydroxylation is 1. The highest BCUT2D eigenvalue weighted by Crippen LogP contribution is 2.29. The van der Waals surface area contributed by atoms with Crippen LogP contribution in [-0.4, -0.2) is 56.4 Å². The molecule has 5 rings (SSSR count). The average molecular weight is 386 g/mol. The minimum atomic E-state index is 0.781. The number of pyridine rings is 3. The Morgan fingerprint density at radius 2 is 1.93 bits per heavy atom. The SMILES string of the molecule is Cc1cccc(-c2[nH]ncc2-c2ccc3nccc(CN4CCOCC4)c3n2)n1. The van der Waals surface area contributed by atoms with Crippen LogP contribution in [-0.2, 0) is 11.3 Å². The maximum Gasteiger partial charge on any atom is 0.0939 e. The Morgan fingerprint density at radius 3 is 2.79 bits per heavy atom. The highest BCUT2D eigenvalue weighted by atomic mass is 16.5. The molecule has 29 heavy (non-hydrogen) atoms. The number of H-pyrrole nitrogens is 1. The Bertz CT molecular complexity index is 1150. The topological polar surface area (TPSA) is 79.8 Å². The van der Waals surface area contributed by atoms with E-state index in [0.29, 0.717) is 0 Å². The van der Waals surface area contributed by atoms with E-state index in [0.717, 1.165) is 72.2 Å². The van der Waals surface area contributed by atoms with Crippen molar-refractivity contribution < 1.29 is 4.74 Å². The van der Waals surface area contributed by atoms with E-state index in [2.05, 4.69) is 31.1 Å². The third-order valence-electron chi connectivity index (χ3n) is 5.22. The first-order valence-electron chi connectivity index (χ1n) is 9.80. The number of rotatable bonds is 4. The zero-order valence-electron chi connectivity index (χ0n) is 16.3. The number of nitrogens with one attached hydrogen (secondary N) is 1. The largest absolute Gasteiger partial charge is 0.379 e. The second-order valence-electron chi connectivity index (χ2n) is 7.25. The first kappa shape index (κ1) is 17.9. The van der Waals surface area contributed by atoms with Crippen molar-refractivity contribution in [3.8, 4) is 22.6 Å². The fourth-order valence-corrected chi connectivity index (χ4v) is 3.71. The number of hydrogen-bond acceptors (Lipinski definition) is 6. The van der Waals surface area contributed by atoms with Gasteiger partial charge in [-0.3, -0.25) is 20.0 Å². The highest BCUT2D eigenvalue weighted by Gasteiger charge is 2.16. The molecule has 0 radical (unpaired) electrons. The lowest BCUT2D eigenvalue weighted by Gasteiger charge is -2.26. The maximum atomic E-state index is 5.47. The van der Waals surface area contributed by atoms with Crippen molar-refractivity contribution in [3.05, 3.63) is 60.0 Å². The summed E-state index contributed by atoms with van der Waals surface area (Å²) in [5.41, 5.74) is 7.51. The van der Waals surface area contributed by atoms with Gasteiger partial charge in [0.05, 0.1) is 47.5 Å². The normalized spacial score (nSPS) is 15.1. The molecule has 1 N–H and O–H groups in total. The third kappa shape index (κ3) is 3.62. The van der Waals surface area contributed by atoms with Crippen LogP contribution in [0.5, 0.6) is 0 Å². The number of hydrogen-bond donors (Lipinski definition) is 1. The van der Waals surface area contributed by atoms with E-state index in [1.54, 1.807) is 0 Å². The molecular formula is C22H22N6O. The molecule has 0 spiro atoms. The van der Waals surface area contributed by atoms with E-state index in [-0.39, 0.29) is 0 Å². The van der Waals surface area contributed by atoms with Crippen LogP contribution in [0, 0.1) is 6.92 Å². The Morgan fingerprint density at radius 1 is 1.03 bits per heavy atom. The predicted octanol–water partition coefficient (Wildman–Crippen LogP) is 3.22.